The summed E-state index contributed by atoms with van der Waals surface area (Å²) in [5, 5.41) is 4.73. The fourth-order valence-electron chi connectivity index (χ4n) is 2.21. The molecule has 2 aromatic rings. The topological polar surface area (TPSA) is 51.4 Å². The number of morpholine rings is 1. The molecule has 0 saturated carbocycles. The van der Waals surface area contributed by atoms with Crippen molar-refractivity contribution in [1.29, 1.82) is 0 Å². The van der Waals surface area contributed by atoms with Crippen molar-refractivity contribution in [2.75, 3.05) is 26.7 Å². The van der Waals surface area contributed by atoms with Gasteiger partial charge < -0.3 is 14.2 Å². The maximum atomic E-state index is 6.13. The van der Waals surface area contributed by atoms with Crippen molar-refractivity contribution in [2.24, 2.45) is 0 Å². The van der Waals surface area contributed by atoms with Crippen LogP contribution in [0.15, 0.2) is 28.8 Å². The van der Waals surface area contributed by atoms with Gasteiger partial charge in [-0.15, -0.1) is 0 Å². The van der Waals surface area contributed by atoms with Crippen molar-refractivity contribution < 1.29 is 9.26 Å². The Labute approximate surface area is 122 Å². The van der Waals surface area contributed by atoms with Crippen LogP contribution in [0.25, 0.3) is 0 Å². The number of hydrogen-bond acceptors (Lipinski definition) is 5. The molecule has 0 amide bonds. The zero-order chi connectivity index (χ0) is 13.9. The molecule has 0 unspecified atom stereocenters. The van der Waals surface area contributed by atoms with Gasteiger partial charge in [-0.25, -0.2) is 0 Å². The van der Waals surface area contributed by atoms with E-state index in [0.717, 1.165) is 18.7 Å². The Bertz CT molecular complexity index is 587. The predicted molar refractivity (Wildman–Crippen MR) is 74.7 cm³/mol. The molecule has 1 saturated heterocycles. The first kappa shape index (κ1) is 13.5. The highest BCUT2D eigenvalue weighted by Gasteiger charge is 2.24. The predicted octanol–water partition coefficient (Wildman–Crippen LogP) is 2.32. The van der Waals surface area contributed by atoms with E-state index in [9.17, 15) is 0 Å². The van der Waals surface area contributed by atoms with Crippen LogP contribution in [0.2, 0.25) is 5.02 Å². The Morgan fingerprint density at radius 2 is 2.25 bits per heavy atom. The van der Waals surface area contributed by atoms with E-state index in [2.05, 4.69) is 22.1 Å². The highest BCUT2D eigenvalue weighted by Crippen LogP contribution is 2.21. The van der Waals surface area contributed by atoms with Gasteiger partial charge in [0, 0.05) is 18.1 Å². The van der Waals surface area contributed by atoms with Gasteiger partial charge in [-0.05, 0) is 18.7 Å². The third-order valence-electron chi connectivity index (χ3n) is 3.34. The molecule has 1 aliphatic rings. The lowest BCUT2D eigenvalue weighted by Crippen LogP contribution is -2.35. The lowest BCUT2D eigenvalue weighted by atomic mass is 10.1. The standard InChI is InChI=1S/C14H16ClN3O2/c1-18-6-7-19-12(9-18)14-16-13(20-17-14)8-10-4-2-3-5-11(10)15/h2-5,12H,6-9H2,1H3/t12-/m0/s1. The quantitative estimate of drug-likeness (QED) is 0.869. The zero-order valence-electron chi connectivity index (χ0n) is 11.3. The van der Waals surface area contributed by atoms with E-state index in [1.165, 1.54) is 0 Å². The molecule has 6 heteroatoms. The number of halogens is 1. The van der Waals surface area contributed by atoms with Crippen LogP contribution in [0.3, 0.4) is 0 Å². The van der Waals surface area contributed by atoms with Crippen LogP contribution in [-0.2, 0) is 11.2 Å². The second-order valence-electron chi connectivity index (χ2n) is 4.94. The van der Waals surface area contributed by atoms with E-state index in [1.54, 1.807) is 0 Å². The van der Waals surface area contributed by atoms with Crippen LogP contribution >= 0.6 is 11.6 Å². The van der Waals surface area contributed by atoms with Gasteiger partial charge in [0.15, 0.2) is 0 Å². The van der Waals surface area contributed by atoms with Gasteiger partial charge in [0.1, 0.15) is 6.10 Å². The molecule has 5 nitrogen and oxygen atoms in total. The summed E-state index contributed by atoms with van der Waals surface area (Å²) in [6.45, 7) is 2.40. The number of hydrogen-bond donors (Lipinski definition) is 0. The van der Waals surface area contributed by atoms with Crippen LogP contribution in [0.1, 0.15) is 23.4 Å². The molecule has 0 bridgehead atoms. The average Bonchev–Trinajstić information content (AvgIpc) is 2.90. The van der Waals surface area contributed by atoms with Crippen LogP contribution in [0.5, 0.6) is 0 Å². The smallest absolute Gasteiger partial charge is 0.231 e. The summed E-state index contributed by atoms with van der Waals surface area (Å²) in [5.41, 5.74) is 0.978. The SMILES string of the molecule is CN1CCO[C@H](c2noc(Cc3ccccc3Cl)n2)C1. The van der Waals surface area contributed by atoms with Gasteiger partial charge in [-0.3, -0.25) is 0 Å². The lowest BCUT2D eigenvalue weighted by molar-refractivity contribution is -0.0264. The second kappa shape index (κ2) is 5.91. The maximum Gasteiger partial charge on any atom is 0.231 e. The molecule has 0 radical (unpaired) electrons. The minimum atomic E-state index is -0.113. The molecule has 0 aliphatic carbocycles. The normalized spacial score (nSPS) is 20.2. The van der Waals surface area contributed by atoms with Crippen molar-refractivity contribution in [3.63, 3.8) is 0 Å². The maximum absolute atomic E-state index is 6.13. The Morgan fingerprint density at radius 1 is 1.40 bits per heavy atom. The van der Waals surface area contributed by atoms with E-state index in [0.29, 0.717) is 29.8 Å². The molecule has 1 aliphatic heterocycles. The summed E-state index contributed by atoms with van der Waals surface area (Å²) in [6.07, 6.45) is 0.424. The number of aromatic nitrogens is 2. The largest absolute Gasteiger partial charge is 0.367 e. The number of nitrogens with zero attached hydrogens (tertiary/aromatic N) is 3. The molecule has 20 heavy (non-hydrogen) atoms. The van der Waals surface area contributed by atoms with Gasteiger partial charge in [0.25, 0.3) is 0 Å². The highest BCUT2D eigenvalue weighted by atomic mass is 35.5. The molecule has 2 heterocycles. The third-order valence-corrected chi connectivity index (χ3v) is 3.71. The summed E-state index contributed by atoms with van der Waals surface area (Å²) in [4.78, 5) is 6.61. The van der Waals surface area contributed by atoms with E-state index in [-0.39, 0.29) is 6.10 Å². The van der Waals surface area contributed by atoms with Crippen LogP contribution in [0.4, 0.5) is 0 Å². The Kier molecular flexibility index (Phi) is 4.00. The molecule has 1 aromatic heterocycles. The van der Waals surface area contributed by atoms with Crippen molar-refractivity contribution in [3.8, 4) is 0 Å². The Hall–Kier alpha value is -1.43. The first-order valence-electron chi connectivity index (χ1n) is 6.58. The lowest BCUT2D eigenvalue weighted by Gasteiger charge is -2.27. The summed E-state index contributed by atoms with van der Waals surface area (Å²) < 4.78 is 11.0. The first-order chi connectivity index (χ1) is 9.72. The minimum absolute atomic E-state index is 0.113. The monoisotopic (exact) mass is 293 g/mol. The van der Waals surface area contributed by atoms with Gasteiger partial charge >= 0.3 is 0 Å². The third kappa shape index (κ3) is 3.00. The van der Waals surface area contributed by atoms with Crippen LogP contribution < -0.4 is 0 Å². The number of rotatable bonds is 3. The molecule has 3 rings (SSSR count). The average molecular weight is 294 g/mol. The van der Waals surface area contributed by atoms with E-state index in [4.69, 9.17) is 20.9 Å². The summed E-state index contributed by atoms with van der Waals surface area (Å²) >= 11 is 6.13. The minimum Gasteiger partial charge on any atom is -0.367 e. The van der Waals surface area contributed by atoms with Gasteiger partial charge in [-0.2, -0.15) is 4.98 Å². The van der Waals surface area contributed by atoms with Gasteiger partial charge in [0.2, 0.25) is 11.7 Å². The zero-order valence-corrected chi connectivity index (χ0v) is 12.0. The van der Waals surface area contributed by atoms with E-state index >= 15 is 0 Å². The van der Waals surface area contributed by atoms with E-state index < -0.39 is 0 Å². The van der Waals surface area contributed by atoms with Crippen molar-refractivity contribution in [2.45, 2.75) is 12.5 Å². The van der Waals surface area contributed by atoms with Crippen molar-refractivity contribution in [1.82, 2.24) is 15.0 Å². The Balaban J connectivity index is 1.72. The van der Waals surface area contributed by atoms with Gasteiger partial charge in [-0.1, -0.05) is 35.0 Å². The number of ether oxygens (including phenoxy) is 1. The summed E-state index contributed by atoms with van der Waals surface area (Å²) in [7, 11) is 2.06. The van der Waals surface area contributed by atoms with E-state index in [1.807, 2.05) is 24.3 Å². The molecule has 1 atom stereocenters. The molecular formula is C14H16ClN3O2. The highest BCUT2D eigenvalue weighted by molar-refractivity contribution is 6.31. The molecule has 1 fully saturated rings. The fraction of sp³-hybridized carbons (Fsp3) is 0.429. The molecule has 1 aromatic carbocycles. The van der Waals surface area contributed by atoms with Crippen LogP contribution in [-0.4, -0.2) is 41.8 Å². The van der Waals surface area contributed by atoms with Crippen molar-refractivity contribution >= 4 is 11.6 Å². The fourth-order valence-corrected chi connectivity index (χ4v) is 2.41. The Morgan fingerprint density at radius 3 is 3.05 bits per heavy atom. The molecule has 0 spiro atoms. The number of benzene rings is 1. The van der Waals surface area contributed by atoms with Crippen LogP contribution in [0, 0.1) is 0 Å². The molecule has 106 valence electrons. The molecule has 0 N–H and O–H groups in total. The molecular weight excluding hydrogens is 278 g/mol. The second-order valence-corrected chi connectivity index (χ2v) is 5.34. The van der Waals surface area contributed by atoms with Gasteiger partial charge in [0.05, 0.1) is 13.0 Å². The number of likely N-dealkylation sites (N-methyl/N-ethyl adjacent to an activating group) is 1. The van der Waals surface area contributed by atoms with Crippen molar-refractivity contribution in [3.05, 3.63) is 46.6 Å². The summed E-state index contributed by atoms with van der Waals surface area (Å²) in [6, 6.07) is 7.65. The summed E-state index contributed by atoms with van der Waals surface area (Å²) in [5.74, 6) is 1.17. The first-order valence-corrected chi connectivity index (χ1v) is 6.96.